The van der Waals surface area contributed by atoms with E-state index in [4.69, 9.17) is 0 Å². The van der Waals surface area contributed by atoms with Crippen molar-refractivity contribution in [1.29, 1.82) is 0 Å². The van der Waals surface area contributed by atoms with Crippen LogP contribution in [0, 0.1) is 11.8 Å². The first-order chi connectivity index (χ1) is 6.19. The Balaban J connectivity index is 2.57. The molecule has 0 heterocycles. The van der Waals surface area contributed by atoms with Gasteiger partial charge >= 0.3 is 0 Å². The minimum Gasteiger partial charge on any atom is -0.300 e. The molecule has 1 saturated carbocycles. The van der Waals surface area contributed by atoms with E-state index in [0.29, 0.717) is 31.0 Å². The summed E-state index contributed by atoms with van der Waals surface area (Å²) in [6.45, 7) is 4.07. The van der Waals surface area contributed by atoms with Crippen LogP contribution in [0.15, 0.2) is 0 Å². The third-order valence-electron chi connectivity index (χ3n) is 2.94. The molecule has 0 bridgehead atoms. The van der Waals surface area contributed by atoms with Crippen LogP contribution in [0.5, 0.6) is 0 Å². The van der Waals surface area contributed by atoms with Gasteiger partial charge in [-0.15, -0.1) is 0 Å². The minimum atomic E-state index is 0.0532. The highest BCUT2D eigenvalue weighted by Gasteiger charge is 2.35. The van der Waals surface area contributed by atoms with Gasteiger partial charge in [0.15, 0.2) is 0 Å². The maximum Gasteiger partial charge on any atom is 0.136 e. The van der Waals surface area contributed by atoms with E-state index in [1.807, 2.05) is 6.92 Å². The molecule has 0 N–H and O–H groups in total. The van der Waals surface area contributed by atoms with E-state index in [2.05, 4.69) is 6.92 Å². The van der Waals surface area contributed by atoms with Gasteiger partial charge in [0.25, 0.3) is 0 Å². The van der Waals surface area contributed by atoms with Crippen molar-refractivity contribution < 1.29 is 9.59 Å². The second-order valence-electron chi connectivity index (χ2n) is 3.94. The molecule has 2 atom stereocenters. The van der Waals surface area contributed by atoms with Gasteiger partial charge in [-0.3, -0.25) is 9.59 Å². The second kappa shape index (κ2) is 4.54. The summed E-state index contributed by atoms with van der Waals surface area (Å²) in [6, 6.07) is 0. The van der Waals surface area contributed by atoms with E-state index in [-0.39, 0.29) is 11.7 Å². The summed E-state index contributed by atoms with van der Waals surface area (Å²) >= 11 is 0. The highest BCUT2D eigenvalue weighted by atomic mass is 16.1. The lowest BCUT2D eigenvalue weighted by Gasteiger charge is -2.14. The van der Waals surface area contributed by atoms with Crippen molar-refractivity contribution >= 4 is 11.6 Å². The van der Waals surface area contributed by atoms with Crippen LogP contribution in [0.2, 0.25) is 0 Å². The summed E-state index contributed by atoms with van der Waals surface area (Å²) in [7, 11) is 0. The summed E-state index contributed by atoms with van der Waals surface area (Å²) in [5.74, 6) is 0.977. The zero-order valence-electron chi connectivity index (χ0n) is 8.51. The normalized spacial score (nSPS) is 28.0. The number of hydrogen-bond acceptors (Lipinski definition) is 2. The molecule has 1 aliphatic carbocycles. The lowest BCUT2D eigenvalue weighted by molar-refractivity contribution is -0.125. The highest BCUT2D eigenvalue weighted by molar-refractivity contribution is 5.91. The van der Waals surface area contributed by atoms with Gasteiger partial charge in [0.1, 0.15) is 11.6 Å². The summed E-state index contributed by atoms with van der Waals surface area (Å²) in [4.78, 5) is 22.8. The maximum atomic E-state index is 11.6. The Morgan fingerprint density at radius 1 is 1.38 bits per heavy atom. The zero-order chi connectivity index (χ0) is 9.84. The first kappa shape index (κ1) is 10.4. The molecular formula is C11H18O2. The summed E-state index contributed by atoms with van der Waals surface area (Å²) in [5.41, 5.74) is 0. The molecular weight excluding hydrogens is 164 g/mol. The molecule has 13 heavy (non-hydrogen) atoms. The van der Waals surface area contributed by atoms with E-state index in [1.165, 1.54) is 0 Å². The standard InChI is InChI=1S/C11H18O2/c1-3-5-11(13)10-7-9(12)6-8(10)4-2/h8,10H,3-7H2,1-2H3. The molecule has 0 radical (unpaired) electrons. The number of hydrogen-bond donors (Lipinski definition) is 0. The lowest BCUT2D eigenvalue weighted by atomic mass is 9.88. The second-order valence-corrected chi connectivity index (χ2v) is 3.94. The molecule has 1 fully saturated rings. The van der Waals surface area contributed by atoms with E-state index in [1.54, 1.807) is 0 Å². The molecule has 0 aliphatic heterocycles. The van der Waals surface area contributed by atoms with Gasteiger partial charge in [0.05, 0.1) is 0 Å². The molecule has 2 heteroatoms. The monoisotopic (exact) mass is 182 g/mol. The average Bonchev–Trinajstić information content (AvgIpc) is 2.47. The Kier molecular flexibility index (Phi) is 3.64. The fraction of sp³-hybridized carbons (Fsp3) is 0.818. The van der Waals surface area contributed by atoms with Crippen LogP contribution in [-0.4, -0.2) is 11.6 Å². The van der Waals surface area contributed by atoms with Gasteiger partial charge in [-0.25, -0.2) is 0 Å². The summed E-state index contributed by atoms with van der Waals surface area (Å²) in [5, 5.41) is 0. The average molecular weight is 182 g/mol. The number of carbonyl (C=O) groups excluding carboxylic acids is 2. The molecule has 0 spiro atoms. The Morgan fingerprint density at radius 2 is 2.08 bits per heavy atom. The number of ketones is 2. The molecule has 1 aliphatic rings. The van der Waals surface area contributed by atoms with Crippen molar-refractivity contribution in [2.75, 3.05) is 0 Å². The van der Waals surface area contributed by atoms with Crippen LogP contribution >= 0.6 is 0 Å². The molecule has 1 rings (SSSR count). The first-order valence-electron chi connectivity index (χ1n) is 5.23. The van der Waals surface area contributed by atoms with E-state index >= 15 is 0 Å². The van der Waals surface area contributed by atoms with Crippen molar-refractivity contribution in [3.8, 4) is 0 Å². The highest BCUT2D eigenvalue weighted by Crippen LogP contribution is 2.33. The number of rotatable bonds is 4. The van der Waals surface area contributed by atoms with E-state index in [0.717, 1.165) is 12.8 Å². The predicted molar refractivity (Wildman–Crippen MR) is 51.4 cm³/mol. The van der Waals surface area contributed by atoms with Gasteiger partial charge in [-0.1, -0.05) is 20.3 Å². The smallest absolute Gasteiger partial charge is 0.136 e. The predicted octanol–water partition coefficient (Wildman–Crippen LogP) is 2.36. The summed E-state index contributed by atoms with van der Waals surface area (Å²) < 4.78 is 0. The van der Waals surface area contributed by atoms with Gasteiger partial charge in [-0.05, 0) is 12.3 Å². The van der Waals surface area contributed by atoms with Crippen LogP contribution in [-0.2, 0) is 9.59 Å². The van der Waals surface area contributed by atoms with Gasteiger partial charge in [-0.2, -0.15) is 0 Å². The van der Waals surface area contributed by atoms with E-state index < -0.39 is 0 Å². The topological polar surface area (TPSA) is 34.1 Å². The molecule has 0 aromatic carbocycles. The van der Waals surface area contributed by atoms with E-state index in [9.17, 15) is 9.59 Å². The largest absolute Gasteiger partial charge is 0.300 e. The van der Waals surface area contributed by atoms with Crippen molar-refractivity contribution in [2.45, 2.75) is 46.0 Å². The quantitative estimate of drug-likeness (QED) is 0.668. The van der Waals surface area contributed by atoms with Gasteiger partial charge in [0, 0.05) is 25.2 Å². The van der Waals surface area contributed by atoms with Crippen molar-refractivity contribution in [2.24, 2.45) is 11.8 Å². The Hall–Kier alpha value is -0.660. The Labute approximate surface area is 79.7 Å². The minimum absolute atomic E-state index is 0.0532. The lowest BCUT2D eigenvalue weighted by Crippen LogP contribution is -2.18. The van der Waals surface area contributed by atoms with Gasteiger partial charge in [0.2, 0.25) is 0 Å². The molecule has 2 unspecified atom stereocenters. The van der Waals surface area contributed by atoms with Crippen LogP contribution in [0.1, 0.15) is 46.0 Å². The van der Waals surface area contributed by atoms with Crippen LogP contribution < -0.4 is 0 Å². The molecule has 0 aromatic rings. The molecule has 0 saturated heterocycles. The summed E-state index contributed by atoms with van der Waals surface area (Å²) in [6.07, 6.45) is 3.66. The van der Waals surface area contributed by atoms with Crippen molar-refractivity contribution in [3.63, 3.8) is 0 Å². The third-order valence-corrected chi connectivity index (χ3v) is 2.94. The Bertz CT molecular complexity index is 208. The van der Waals surface area contributed by atoms with Crippen LogP contribution in [0.4, 0.5) is 0 Å². The fourth-order valence-corrected chi connectivity index (χ4v) is 2.17. The first-order valence-corrected chi connectivity index (χ1v) is 5.23. The van der Waals surface area contributed by atoms with Crippen LogP contribution in [0.25, 0.3) is 0 Å². The van der Waals surface area contributed by atoms with Crippen molar-refractivity contribution in [1.82, 2.24) is 0 Å². The number of carbonyl (C=O) groups is 2. The molecule has 2 nitrogen and oxygen atoms in total. The SMILES string of the molecule is CCCC(=O)C1CC(=O)CC1CC. The van der Waals surface area contributed by atoms with Crippen molar-refractivity contribution in [3.05, 3.63) is 0 Å². The van der Waals surface area contributed by atoms with Gasteiger partial charge < -0.3 is 0 Å². The maximum absolute atomic E-state index is 11.6. The molecule has 0 amide bonds. The molecule has 0 aromatic heterocycles. The Morgan fingerprint density at radius 3 is 2.62 bits per heavy atom. The zero-order valence-corrected chi connectivity index (χ0v) is 8.51. The fourth-order valence-electron chi connectivity index (χ4n) is 2.17. The van der Waals surface area contributed by atoms with Crippen LogP contribution in [0.3, 0.4) is 0 Å². The molecule has 74 valence electrons. The third kappa shape index (κ3) is 2.39. The number of Topliss-reactive ketones (excluding diaryl/α,β-unsaturated/α-hetero) is 2.